The standard InChI is InChI=1S/C15H22F3N/c1-3-5-6-14(19-11-4-2)12-7-9-13(10-8-12)15(16,17)18/h7-10,14,19H,3-6,11H2,1-2H3. The van der Waals surface area contributed by atoms with E-state index in [2.05, 4.69) is 19.2 Å². The molecule has 0 bridgehead atoms. The van der Waals surface area contributed by atoms with Crippen molar-refractivity contribution in [3.63, 3.8) is 0 Å². The number of hydrogen-bond acceptors (Lipinski definition) is 1. The van der Waals surface area contributed by atoms with E-state index in [1.54, 1.807) is 12.1 Å². The molecule has 0 spiro atoms. The summed E-state index contributed by atoms with van der Waals surface area (Å²) in [5.74, 6) is 0. The lowest BCUT2D eigenvalue weighted by atomic mass is 9.99. The molecule has 0 radical (unpaired) electrons. The van der Waals surface area contributed by atoms with Crippen LogP contribution in [0.15, 0.2) is 24.3 Å². The van der Waals surface area contributed by atoms with Crippen LogP contribution in [0.3, 0.4) is 0 Å². The van der Waals surface area contributed by atoms with Gasteiger partial charge in [-0.2, -0.15) is 13.2 Å². The van der Waals surface area contributed by atoms with Crippen LogP contribution in [-0.4, -0.2) is 6.54 Å². The molecule has 1 aromatic carbocycles. The Hall–Kier alpha value is -1.03. The maximum atomic E-state index is 12.5. The second-order valence-corrected chi connectivity index (χ2v) is 4.77. The third kappa shape index (κ3) is 5.23. The van der Waals surface area contributed by atoms with E-state index in [1.165, 1.54) is 12.1 Å². The van der Waals surface area contributed by atoms with Crippen molar-refractivity contribution in [3.05, 3.63) is 35.4 Å². The van der Waals surface area contributed by atoms with Crippen LogP contribution in [0.1, 0.15) is 56.7 Å². The Labute approximate surface area is 113 Å². The zero-order chi connectivity index (χ0) is 14.3. The highest BCUT2D eigenvalue weighted by molar-refractivity contribution is 5.26. The molecule has 0 aliphatic rings. The van der Waals surface area contributed by atoms with E-state index in [9.17, 15) is 13.2 Å². The van der Waals surface area contributed by atoms with Gasteiger partial charge >= 0.3 is 6.18 Å². The zero-order valence-corrected chi connectivity index (χ0v) is 11.6. The van der Waals surface area contributed by atoms with Crippen molar-refractivity contribution in [2.75, 3.05) is 6.54 Å². The third-order valence-electron chi connectivity index (χ3n) is 3.13. The largest absolute Gasteiger partial charge is 0.416 e. The maximum Gasteiger partial charge on any atom is 0.416 e. The lowest BCUT2D eigenvalue weighted by Gasteiger charge is -2.19. The molecule has 0 aliphatic carbocycles. The summed E-state index contributed by atoms with van der Waals surface area (Å²) < 4.78 is 37.5. The fraction of sp³-hybridized carbons (Fsp3) is 0.600. The molecule has 0 aromatic heterocycles. The van der Waals surface area contributed by atoms with E-state index in [0.29, 0.717) is 0 Å². The van der Waals surface area contributed by atoms with Gasteiger partial charge in [-0.3, -0.25) is 0 Å². The highest BCUT2D eigenvalue weighted by Gasteiger charge is 2.30. The minimum atomic E-state index is -4.26. The van der Waals surface area contributed by atoms with Crippen molar-refractivity contribution in [1.29, 1.82) is 0 Å². The monoisotopic (exact) mass is 273 g/mol. The van der Waals surface area contributed by atoms with E-state index >= 15 is 0 Å². The Kier molecular flexibility index (Phi) is 6.35. The SMILES string of the molecule is CCCCC(NCCC)c1ccc(C(F)(F)F)cc1. The van der Waals surface area contributed by atoms with Crippen molar-refractivity contribution in [2.24, 2.45) is 0 Å². The highest BCUT2D eigenvalue weighted by atomic mass is 19.4. The zero-order valence-electron chi connectivity index (χ0n) is 11.6. The smallest absolute Gasteiger partial charge is 0.310 e. The van der Waals surface area contributed by atoms with Crippen LogP contribution in [0.2, 0.25) is 0 Å². The number of halogens is 3. The molecule has 1 atom stereocenters. The molecule has 0 heterocycles. The van der Waals surface area contributed by atoms with Gasteiger partial charge in [0, 0.05) is 6.04 Å². The topological polar surface area (TPSA) is 12.0 Å². The number of alkyl halides is 3. The van der Waals surface area contributed by atoms with E-state index < -0.39 is 11.7 Å². The molecular formula is C15H22F3N. The predicted octanol–water partition coefficient (Wildman–Crippen LogP) is 4.94. The van der Waals surface area contributed by atoms with Gasteiger partial charge in [-0.15, -0.1) is 0 Å². The number of benzene rings is 1. The van der Waals surface area contributed by atoms with Crippen LogP contribution in [0, 0.1) is 0 Å². The molecule has 0 saturated heterocycles. The maximum absolute atomic E-state index is 12.5. The average Bonchev–Trinajstić information content (AvgIpc) is 2.38. The van der Waals surface area contributed by atoms with Crippen LogP contribution in [-0.2, 0) is 6.18 Å². The summed E-state index contributed by atoms with van der Waals surface area (Å²) in [4.78, 5) is 0. The molecular weight excluding hydrogens is 251 g/mol. The minimum absolute atomic E-state index is 0.155. The minimum Gasteiger partial charge on any atom is -0.310 e. The quantitative estimate of drug-likeness (QED) is 0.742. The number of rotatable bonds is 7. The van der Waals surface area contributed by atoms with Gasteiger partial charge in [0.25, 0.3) is 0 Å². The van der Waals surface area contributed by atoms with Gasteiger partial charge in [-0.1, -0.05) is 38.8 Å². The van der Waals surface area contributed by atoms with Crippen molar-refractivity contribution in [1.82, 2.24) is 5.32 Å². The second-order valence-electron chi connectivity index (χ2n) is 4.77. The first-order valence-corrected chi connectivity index (χ1v) is 6.89. The Morgan fingerprint density at radius 2 is 1.68 bits per heavy atom. The summed E-state index contributed by atoms with van der Waals surface area (Å²) in [6.07, 6.45) is -0.118. The normalized spacial score (nSPS) is 13.5. The molecule has 0 amide bonds. The first-order chi connectivity index (χ1) is 8.99. The van der Waals surface area contributed by atoms with Crippen LogP contribution in [0.4, 0.5) is 13.2 Å². The van der Waals surface area contributed by atoms with Gasteiger partial charge in [0.05, 0.1) is 5.56 Å². The van der Waals surface area contributed by atoms with Gasteiger partial charge in [-0.25, -0.2) is 0 Å². The van der Waals surface area contributed by atoms with Gasteiger partial charge < -0.3 is 5.32 Å². The van der Waals surface area contributed by atoms with Gasteiger partial charge in [-0.05, 0) is 37.1 Å². The van der Waals surface area contributed by atoms with E-state index in [0.717, 1.165) is 37.8 Å². The molecule has 0 saturated carbocycles. The third-order valence-corrected chi connectivity index (χ3v) is 3.13. The highest BCUT2D eigenvalue weighted by Crippen LogP contribution is 2.30. The first kappa shape index (κ1) is 16.0. The first-order valence-electron chi connectivity index (χ1n) is 6.89. The number of nitrogens with one attached hydrogen (secondary N) is 1. The number of unbranched alkanes of at least 4 members (excludes halogenated alkanes) is 1. The van der Waals surface area contributed by atoms with Crippen molar-refractivity contribution in [2.45, 2.75) is 51.7 Å². The van der Waals surface area contributed by atoms with Gasteiger partial charge in [0.1, 0.15) is 0 Å². The number of hydrogen-bond donors (Lipinski definition) is 1. The molecule has 4 heteroatoms. The van der Waals surface area contributed by atoms with E-state index in [-0.39, 0.29) is 6.04 Å². The predicted molar refractivity (Wildman–Crippen MR) is 72.0 cm³/mol. The molecule has 1 nitrogen and oxygen atoms in total. The Morgan fingerprint density at radius 3 is 2.16 bits per heavy atom. The van der Waals surface area contributed by atoms with E-state index in [1.807, 2.05) is 0 Å². The summed E-state index contributed by atoms with van der Waals surface area (Å²) >= 11 is 0. The summed E-state index contributed by atoms with van der Waals surface area (Å²) in [6.45, 7) is 5.08. The molecule has 1 aromatic rings. The van der Waals surface area contributed by atoms with Crippen LogP contribution >= 0.6 is 0 Å². The average molecular weight is 273 g/mol. The Balaban J connectivity index is 2.78. The molecule has 1 rings (SSSR count). The molecule has 0 aliphatic heterocycles. The van der Waals surface area contributed by atoms with Crippen molar-refractivity contribution >= 4 is 0 Å². The Bertz CT molecular complexity index is 349. The molecule has 0 fully saturated rings. The molecule has 1 unspecified atom stereocenters. The van der Waals surface area contributed by atoms with Crippen LogP contribution < -0.4 is 5.32 Å². The molecule has 19 heavy (non-hydrogen) atoms. The molecule has 108 valence electrons. The van der Waals surface area contributed by atoms with Crippen LogP contribution in [0.5, 0.6) is 0 Å². The fourth-order valence-corrected chi connectivity index (χ4v) is 2.02. The van der Waals surface area contributed by atoms with Gasteiger partial charge in [0.15, 0.2) is 0 Å². The Morgan fingerprint density at radius 1 is 1.05 bits per heavy atom. The summed E-state index contributed by atoms with van der Waals surface area (Å²) in [7, 11) is 0. The van der Waals surface area contributed by atoms with Gasteiger partial charge in [0.2, 0.25) is 0 Å². The van der Waals surface area contributed by atoms with Crippen molar-refractivity contribution in [3.8, 4) is 0 Å². The van der Waals surface area contributed by atoms with Crippen molar-refractivity contribution < 1.29 is 13.2 Å². The summed E-state index contributed by atoms with van der Waals surface area (Å²) in [6, 6.07) is 5.67. The fourth-order valence-electron chi connectivity index (χ4n) is 2.02. The van der Waals surface area contributed by atoms with Crippen LogP contribution in [0.25, 0.3) is 0 Å². The molecule has 1 N–H and O–H groups in total. The van der Waals surface area contributed by atoms with E-state index in [4.69, 9.17) is 0 Å². The summed E-state index contributed by atoms with van der Waals surface area (Å²) in [5, 5.41) is 3.40. The summed E-state index contributed by atoms with van der Waals surface area (Å²) in [5.41, 5.74) is 0.357. The lowest BCUT2D eigenvalue weighted by molar-refractivity contribution is -0.137. The lowest BCUT2D eigenvalue weighted by Crippen LogP contribution is -2.22. The second kappa shape index (κ2) is 7.53.